The van der Waals surface area contributed by atoms with Gasteiger partial charge < -0.3 is 15.0 Å². The Morgan fingerprint density at radius 1 is 1.23 bits per heavy atom. The normalized spacial score (nSPS) is 12.0. The summed E-state index contributed by atoms with van der Waals surface area (Å²) in [6, 6.07) is 6.79. The van der Waals surface area contributed by atoms with Crippen molar-refractivity contribution >= 4 is 39.8 Å². The molecule has 1 unspecified atom stereocenters. The van der Waals surface area contributed by atoms with E-state index in [1.807, 2.05) is 0 Å². The number of esters is 1. The molecule has 12 heteroatoms. The molecule has 1 aromatic carbocycles. The van der Waals surface area contributed by atoms with Gasteiger partial charge in [0, 0.05) is 0 Å². The highest BCUT2D eigenvalue weighted by atomic mass is 16.5. The van der Waals surface area contributed by atoms with Crippen molar-refractivity contribution in [3.05, 3.63) is 47.3 Å². The summed E-state index contributed by atoms with van der Waals surface area (Å²) in [6.07, 6.45) is 1.46. The van der Waals surface area contributed by atoms with Crippen LogP contribution in [-0.2, 0) is 20.9 Å². The van der Waals surface area contributed by atoms with Gasteiger partial charge in [0.1, 0.15) is 17.4 Å². The fraction of sp³-hybridized carbons (Fsp3) is 0.222. The number of fused-ring (bicyclic) bond motifs is 2. The standard InChI is InChI=1S/C18H16N8O4/c1-10(17(28)23-16-14-15(20-8-19-14)21-9-22-16)30-13(27)6-7-26-18(29)11-4-2-3-5-12(11)24-25-26/h2-5,8-10H,6-7H2,1H3,(H2,19,20,21,22,23,28). The van der Waals surface area contributed by atoms with Crippen LogP contribution in [0.1, 0.15) is 13.3 Å². The van der Waals surface area contributed by atoms with Gasteiger partial charge in [-0.05, 0) is 19.1 Å². The molecule has 0 fully saturated rings. The van der Waals surface area contributed by atoms with Gasteiger partial charge in [-0.3, -0.25) is 14.4 Å². The lowest BCUT2D eigenvalue weighted by Crippen LogP contribution is -2.31. The lowest BCUT2D eigenvalue weighted by Gasteiger charge is -2.13. The Balaban J connectivity index is 1.36. The van der Waals surface area contributed by atoms with Crippen LogP contribution in [0.15, 0.2) is 41.7 Å². The average molecular weight is 408 g/mol. The fourth-order valence-corrected chi connectivity index (χ4v) is 2.75. The van der Waals surface area contributed by atoms with E-state index in [-0.39, 0.29) is 24.3 Å². The highest BCUT2D eigenvalue weighted by molar-refractivity contribution is 5.99. The van der Waals surface area contributed by atoms with Gasteiger partial charge >= 0.3 is 5.97 Å². The Labute approximate surface area is 168 Å². The number of aryl methyl sites for hydroxylation is 1. The van der Waals surface area contributed by atoms with Gasteiger partial charge in [-0.1, -0.05) is 17.3 Å². The predicted molar refractivity (Wildman–Crippen MR) is 104 cm³/mol. The number of H-pyrrole nitrogens is 1. The van der Waals surface area contributed by atoms with Crippen molar-refractivity contribution in [3.63, 3.8) is 0 Å². The molecule has 3 heterocycles. The quantitative estimate of drug-likeness (QED) is 0.431. The number of amides is 1. The zero-order valence-electron chi connectivity index (χ0n) is 15.8. The van der Waals surface area contributed by atoms with Crippen molar-refractivity contribution in [2.45, 2.75) is 26.0 Å². The van der Waals surface area contributed by atoms with E-state index in [1.54, 1.807) is 24.3 Å². The molecule has 0 bridgehead atoms. The lowest BCUT2D eigenvalue weighted by atomic mass is 10.2. The highest BCUT2D eigenvalue weighted by Crippen LogP contribution is 2.15. The maximum absolute atomic E-state index is 12.4. The van der Waals surface area contributed by atoms with Crippen molar-refractivity contribution in [2.24, 2.45) is 0 Å². The fourth-order valence-electron chi connectivity index (χ4n) is 2.75. The van der Waals surface area contributed by atoms with Crippen molar-refractivity contribution in [2.75, 3.05) is 5.32 Å². The van der Waals surface area contributed by atoms with E-state index < -0.39 is 18.0 Å². The van der Waals surface area contributed by atoms with Crippen LogP contribution in [0, 0.1) is 0 Å². The number of imidazole rings is 1. The minimum absolute atomic E-state index is 0.0233. The molecule has 0 saturated carbocycles. The minimum atomic E-state index is -1.08. The molecule has 30 heavy (non-hydrogen) atoms. The van der Waals surface area contributed by atoms with Gasteiger partial charge in [-0.15, -0.1) is 5.10 Å². The average Bonchev–Trinajstić information content (AvgIpc) is 3.23. The summed E-state index contributed by atoms with van der Waals surface area (Å²) in [7, 11) is 0. The van der Waals surface area contributed by atoms with Crippen molar-refractivity contribution in [1.82, 2.24) is 34.9 Å². The Morgan fingerprint density at radius 3 is 2.93 bits per heavy atom. The summed E-state index contributed by atoms with van der Waals surface area (Å²) >= 11 is 0. The second-order valence-corrected chi connectivity index (χ2v) is 6.33. The lowest BCUT2D eigenvalue weighted by molar-refractivity contribution is -0.153. The molecule has 152 valence electrons. The third-order valence-electron chi connectivity index (χ3n) is 4.30. The molecule has 4 rings (SSSR count). The van der Waals surface area contributed by atoms with Crippen molar-refractivity contribution in [3.8, 4) is 0 Å². The summed E-state index contributed by atoms with van der Waals surface area (Å²) in [5, 5.41) is 10.7. The number of carbonyl (C=O) groups is 2. The van der Waals surface area contributed by atoms with Crippen LogP contribution in [0.2, 0.25) is 0 Å². The number of ether oxygens (including phenoxy) is 1. The molecule has 0 saturated heterocycles. The molecule has 1 amide bonds. The Kier molecular flexibility index (Phi) is 5.11. The SMILES string of the molecule is CC(OC(=O)CCn1nnc2ccccc2c1=O)C(=O)Nc1ncnc2nc[nH]c12. The zero-order valence-corrected chi connectivity index (χ0v) is 15.8. The maximum Gasteiger partial charge on any atom is 0.308 e. The second kappa shape index (κ2) is 8.03. The summed E-state index contributed by atoms with van der Waals surface area (Å²) in [6.45, 7) is 1.41. The summed E-state index contributed by atoms with van der Waals surface area (Å²) in [5.74, 6) is -1.00. The van der Waals surface area contributed by atoms with E-state index in [1.165, 1.54) is 19.6 Å². The first-order valence-electron chi connectivity index (χ1n) is 9.00. The van der Waals surface area contributed by atoms with Crippen LogP contribution in [-0.4, -0.2) is 52.9 Å². The topological polar surface area (TPSA) is 158 Å². The first-order chi connectivity index (χ1) is 14.5. The minimum Gasteiger partial charge on any atom is -0.452 e. The molecule has 0 aliphatic rings. The molecule has 4 aromatic rings. The number of carbonyl (C=O) groups excluding carboxylic acids is 2. The molecular formula is C18H16N8O4. The molecule has 1 atom stereocenters. The molecule has 0 aliphatic carbocycles. The smallest absolute Gasteiger partial charge is 0.308 e. The number of hydrogen-bond acceptors (Lipinski definition) is 9. The third kappa shape index (κ3) is 3.83. The number of benzene rings is 1. The van der Waals surface area contributed by atoms with E-state index in [2.05, 4.69) is 35.6 Å². The first-order valence-corrected chi connectivity index (χ1v) is 9.00. The Bertz CT molecular complexity index is 1300. The second-order valence-electron chi connectivity index (χ2n) is 6.33. The van der Waals surface area contributed by atoms with Gasteiger partial charge in [-0.25, -0.2) is 19.6 Å². The molecule has 0 spiro atoms. The first kappa shape index (κ1) is 19.1. The predicted octanol–water partition coefficient (Wildman–Crippen LogP) is 0.418. The van der Waals surface area contributed by atoms with Crippen molar-refractivity contribution < 1.29 is 14.3 Å². The van der Waals surface area contributed by atoms with Crippen LogP contribution in [0.25, 0.3) is 22.1 Å². The van der Waals surface area contributed by atoms with E-state index in [0.29, 0.717) is 22.1 Å². The Morgan fingerprint density at radius 2 is 2.07 bits per heavy atom. The maximum atomic E-state index is 12.4. The Hall–Kier alpha value is -4.22. The van der Waals surface area contributed by atoms with E-state index in [4.69, 9.17) is 4.74 Å². The summed E-state index contributed by atoms with van der Waals surface area (Å²) in [4.78, 5) is 51.6. The summed E-state index contributed by atoms with van der Waals surface area (Å²) in [5.41, 5.74) is 0.972. The van der Waals surface area contributed by atoms with Gasteiger partial charge in [0.15, 0.2) is 17.6 Å². The van der Waals surface area contributed by atoms with Crippen LogP contribution in [0.5, 0.6) is 0 Å². The molecule has 0 radical (unpaired) electrons. The zero-order chi connectivity index (χ0) is 21.1. The van der Waals surface area contributed by atoms with Gasteiger partial charge in [0.25, 0.3) is 11.5 Å². The molecule has 0 aliphatic heterocycles. The molecule has 2 N–H and O–H groups in total. The van der Waals surface area contributed by atoms with Gasteiger partial charge in [0.2, 0.25) is 0 Å². The van der Waals surface area contributed by atoms with E-state index in [0.717, 1.165) is 4.68 Å². The van der Waals surface area contributed by atoms with Crippen LogP contribution in [0.4, 0.5) is 5.82 Å². The van der Waals surface area contributed by atoms with Gasteiger partial charge in [-0.2, -0.15) is 0 Å². The highest BCUT2D eigenvalue weighted by Gasteiger charge is 2.20. The van der Waals surface area contributed by atoms with Crippen LogP contribution >= 0.6 is 0 Å². The number of rotatable bonds is 6. The van der Waals surface area contributed by atoms with Crippen molar-refractivity contribution in [1.29, 1.82) is 0 Å². The number of anilines is 1. The van der Waals surface area contributed by atoms with Gasteiger partial charge in [0.05, 0.1) is 24.7 Å². The molecule has 3 aromatic heterocycles. The number of nitrogens with zero attached hydrogens (tertiary/aromatic N) is 6. The van der Waals surface area contributed by atoms with E-state index >= 15 is 0 Å². The molecular weight excluding hydrogens is 392 g/mol. The number of nitrogens with one attached hydrogen (secondary N) is 2. The monoisotopic (exact) mass is 408 g/mol. The molecule has 12 nitrogen and oxygen atoms in total. The third-order valence-corrected chi connectivity index (χ3v) is 4.30. The van der Waals surface area contributed by atoms with Crippen LogP contribution < -0.4 is 10.9 Å². The number of aromatic amines is 1. The van der Waals surface area contributed by atoms with E-state index in [9.17, 15) is 14.4 Å². The number of aromatic nitrogens is 7. The van der Waals surface area contributed by atoms with Crippen LogP contribution in [0.3, 0.4) is 0 Å². The summed E-state index contributed by atoms with van der Waals surface area (Å²) < 4.78 is 6.23. The largest absolute Gasteiger partial charge is 0.452 e. The number of hydrogen-bond donors (Lipinski definition) is 2.